The number of aromatic nitrogens is 3. The highest BCUT2D eigenvalue weighted by molar-refractivity contribution is 7.93. The number of benzene rings is 3. The van der Waals surface area contributed by atoms with Crippen LogP contribution in [0.3, 0.4) is 0 Å². The number of unbranched alkanes of at least 4 members (excludes halogenated alkanes) is 54. The summed E-state index contributed by atoms with van der Waals surface area (Å²) in [7, 11) is -13.9. The van der Waals surface area contributed by atoms with Crippen LogP contribution in [0.2, 0.25) is 0 Å². The molecule has 0 spiro atoms. The van der Waals surface area contributed by atoms with Crippen LogP contribution in [0.25, 0.3) is 0 Å². The summed E-state index contributed by atoms with van der Waals surface area (Å²) in [6, 6.07) is 13.2. The second-order valence-corrected chi connectivity index (χ2v) is 37.2. The van der Waals surface area contributed by atoms with Crippen molar-refractivity contribution in [2.75, 3.05) is 53.8 Å². The molecule has 0 unspecified atom stereocenters. The van der Waals surface area contributed by atoms with Gasteiger partial charge in [-0.05, 0) is 74.9 Å². The smallest absolute Gasteiger partial charge is 0.264 e. The Morgan fingerprint density at radius 1 is 0.202 bits per heavy atom. The van der Waals surface area contributed by atoms with E-state index >= 15 is 0 Å². The van der Waals surface area contributed by atoms with Crippen LogP contribution in [0.15, 0.2) is 69.3 Å². The number of hydrogen-bond acceptors (Lipinski definition) is 15. The lowest BCUT2D eigenvalue weighted by Crippen LogP contribution is -2.22. The van der Waals surface area contributed by atoms with Gasteiger partial charge in [-0.2, -0.15) is 15.0 Å². The van der Waals surface area contributed by atoms with Crippen LogP contribution in [0.1, 0.15) is 427 Å². The second-order valence-electron chi connectivity index (χ2n) is 32.1. The molecule has 0 bridgehead atoms. The maximum atomic E-state index is 14.8. The zero-order valence-corrected chi connectivity index (χ0v) is 75.3. The highest BCUT2D eigenvalue weighted by atomic mass is 32.2. The van der Waals surface area contributed by atoms with E-state index in [0.29, 0.717) is 56.9 Å². The van der Waals surface area contributed by atoms with Crippen LogP contribution in [0.5, 0.6) is 34.5 Å². The number of nitrogens with one attached hydrogen (secondary N) is 3. The van der Waals surface area contributed by atoms with Gasteiger partial charge in [-0.15, -0.1) is 0 Å². The molecular formula is C93H162N6O12S3. The van der Waals surface area contributed by atoms with Gasteiger partial charge >= 0.3 is 0 Å². The van der Waals surface area contributed by atoms with Crippen LogP contribution in [-0.2, 0) is 30.1 Å². The summed E-state index contributed by atoms with van der Waals surface area (Å²) in [5, 5.41) is 0. The van der Waals surface area contributed by atoms with E-state index in [1.54, 1.807) is 18.2 Å². The molecule has 4 aromatic rings. The Kier molecular flexibility index (Phi) is 59.1. The highest BCUT2D eigenvalue weighted by Crippen LogP contribution is 2.36. The van der Waals surface area contributed by atoms with Gasteiger partial charge in [-0.1, -0.05) is 388 Å². The summed E-state index contributed by atoms with van der Waals surface area (Å²) in [6.07, 6.45) is 69.5. The fourth-order valence-corrected chi connectivity index (χ4v) is 17.2. The molecule has 1 aromatic heterocycles. The lowest BCUT2D eigenvalue weighted by atomic mass is 10.1. The minimum atomic E-state index is -4.64. The number of nitrogens with zero attached hydrogens (tertiary/aromatic N) is 3. The van der Waals surface area contributed by atoms with Crippen molar-refractivity contribution in [1.29, 1.82) is 0 Å². The molecule has 21 heteroatoms. The fourth-order valence-electron chi connectivity index (χ4n) is 14.3. The van der Waals surface area contributed by atoms with Gasteiger partial charge in [0.05, 0.1) is 54.3 Å². The van der Waals surface area contributed by atoms with Crippen molar-refractivity contribution in [2.24, 2.45) is 0 Å². The van der Waals surface area contributed by atoms with E-state index in [0.717, 1.165) is 135 Å². The van der Waals surface area contributed by atoms with Crippen LogP contribution < -0.4 is 42.6 Å². The van der Waals surface area contributed by atoms with Crippen molar-refractivity contribution < 1.29 is 53.7 Å². The molecule has 0 amide bonds. The standard InChI is InChI=1S/C93H162N6O12S3/c1-7-13-19-25-31-37-43-49-55-61-73-106-85-70-67-82(79-88(85)109-76-64-58-52-46-40-34-28-22-16-10-4)112(100,101)97-91-94-92(98-113(102,103)83-68-71-86(107-74-62-56-50-44-38-32-26-20-14-8-2)89(80-83)110-77-65-59-53-47-41-35-29-23-17-11-5)96-93(95-91)99-114(104,105)84-69-72-87(108-75-63-57-51-45-39-33-27-21-15-9-3)90(81-84)111-78-66-60-54-48-42-36-30-24-18-12-6/h67-72,79-81H,7-66,73-78H2,1-6H3,(H3,94,95,96,97,98,99). The SMILES string of the molecule is CCCCCCCCCCCCOc1ccc(S(=O)(=O)Nc2nc(NS(=O)(=O)c3ccc(OCCCCCCCCCCCC)c(OCCCCCCCCCCCC)c3)nc(NS(=O)(=O)c3ccc(OCCCCCCCCCCCC)c(OCCCCCCCCCCCC)c3)n2)cc1OCCCCCCCCCCCC. The van der Waals surface area contributed by atoms with Gasteiger partial charge in [0.1, 0.15) is 0 Å². The van der Waals surface area contributed by atoms with Gasteiger partial charge < -0.3 is 28.4 Å². The quantitative estimate of drug-likeness (QED) is 0.0349. The van der Waals surface area contributed by atoms with Crippen LogP contribution >= 0.6 is 0 Å². The van der Waals surface area contributed by atoms with E-state index in [-0.39, 0.29) is 31.9 Å². The van der Waals surface area contributed by atoms with E-state index in [4.69, 9.17) is 28.4 Å². The Labute approximate surface area is 696 Å². The third-order valence-electron chi connectivity index (χ3n) is 21.5. The number of rotatable bonds is 81. The maximum Gasteiger partial charge on any atom is 0.264 e. The largest absolute Gasteiger partial charge is 0.490 e. The molecule has 0 aliphatic rings. The van der Waals surface area contributed by atoms with Crippen molar-refractivity contribution in [2.45, 2.75) is 441 Å². The Bertz CT molecular complexity index is 3010. The first-order valence-corrected chi connectivity index (χ1v) is 51.2. The van der Waals surface area contributed by atoms with E-state index in [1.165, 1.54) is 287 Å². The molecule has 0 aliphatic carbocycles. The van der Waals surface area contributed by atoms with Crippen molar-refractivity contribution in [3.8, 4) is 34.5 Å². The fraction of sp³-hybridized carbons (Fsp3) is 0.774. The number of hydrogen-bond donors (Lipinski definition) is 3. The monoisotopic (exact) mass is 1650 g/mol. The van der Waals surface area contributed by atoms with E-state index in [9.17, 15) is 25.3 Å². The molecule has 0 fully saturated rings. The van der Waals surface area contributed by atoms with E-state index in [1.807, 2.05) is 0 Å². The predicted octanol–water partition coefficient (Wildman–Crippen LogP) is 28.1. The van der Waals surface area contributed by atoms with Crippen LogP contribution in [0.4, 0.5) is 17.8 Å². The molecule has 1 heterocycles. The van der Waals surface area contributed by atoms with E-state index in [2.05, 4.69) is 70.7 Å². The normalized spacial score (nSPS) is 11.8. The average molecular weight is 1650 g/mol. The summed E-state index contributed by atoms with van der Waals surface area (Å²) < 4.78 is 135. The van der Waals surface area contributed by atoms with Gasteiger partial charge in [-0.3, -0.25) is 0 Å². The summed E-state index contributed by atoms with van der Waals surface area (Å²) >= 11 is 0. The lowest BCUT2D eigenvalue weighted by Gasteiger charge is -2.16. The highest BCUT2D eigenvalue weighted by Gasteiger charge is 2.27. The molecule has 654 valence electrons. The van der Waals surface area contributed by atoms with Gasteiger partial charge in [0.15, 0.2) is 34.5 Å². The Morgan fingerprint density at radius 3 is 0.500 bits per heavy atom. The van der Waals surface area contributed by atoms with Gasteiger partial charge in [-0.25, -0.2) is 39.4 Å². The molecule has 0 atom stereocenters. The minimum Gasteiger partial charge on any atom is -0.490 e. The molecule has 4 rings (SSSR count). The first-order chi connectivity index (χ1) is 55.7. The molecular weight excluding hydrogens is 1490 g/mol. The zero-order chi connectivity index (χ0) is 81.9. The van der Waals surface area contributed by atoms with Crippen molar-refractivity contribution in [3.05, 3.63) is 54.6 Å². The minimum absolute atomic E-state index is 0.224. The van der Waals surface area contributed by atoms with Crippen molar-refractivity contribution >= 4 is 47.9 Å². The summed E-state index contributed by atoms with van der Waals surface area (Å²) in [5.41, 5.74) is 0. The molecule has 0 radical (unpaired) electrons. The average Bonchev–Trinajstić information content (AvgIpc) is 0.780. The molecule has 0 aliphatic heterocycles. The molecule has 3 N–H and O–H groups in total. The number of anilines is 3. The number of sulfonamides is 3. The maximum absolute atomic E-state index is 14.8. The zero-order valence-electron chi connectivity index (χ0n) is 72.8. The molecule has 114 heavy (non-hydrogen) atoms. The van der Waals surface area contributed by atoms with Gasteiger partial charge in [0.25, 0.3) is 30.1 Å². The Hall–Kier alpha value is -5.28. The predicted molar refractivity (Wildman–Crippen MR) is 476 cm³/mol. The van der Waals surface area contributed by atoms with Crippen molar-refractivity contribution in [3.63, 3.8) is 0 Å². The third-order valence-corrected chi connectivity index (χ3v) is 25.5. The summed E-state index contributed by atoms with van der Waals surface area (Å²) in [5.74, 6) is -0.0496. The second kappa shape index (κ2) is 66.6. The molecule has 0 saturated heterocycles. The number of ether oxygens (including phenoxy) is 6. The molecule has 3 aromatic carbocycles. The Balaban J connectivity index is 1.71. The van der Waals surface area contributed by atoms with E-state index < -0.39 is 47.9 Å². The summed E-state index contributed by atoms with van der Waals surface area (Å²) in [6.45, 7) is 15.7. The lowest BCUT2D eigenvalue weighted by molar-refractivity contribution is 0.257. The third kappa shape index (κ3) is 48.6. The van der Waals surface area contributed by atoms with Crippen molar-refractivity contribution in [1.82, 2.24) is 15.0 Å². The molecule has 18 nitrogen and oxygen atoms in total. The van der Waals surface area contributed by atoms with Crippen LogP contribution in [-0.4, -0.2) is 79.8 Å². The Morgan fingerprint density at radius 2 is 0.342 bits per heavy atom. The summed E-state index contributed by atoms with van der Waals surface area (Å²) in [4.78, 5) is 12.3. The first-order valence-electron chi connectivity index (χ1n) is 46.7. The molecule has 0 saturated carbocycles. The van der Waals surface area contributed by atoms with Gasteiger partial charge in [0.2, 0.25) is 17.8 Å². The first kappa shape index (κ1) is 101. The van der Waals surface area contributed by atoms with Crippen LogP contribution in [0, 0.1) is 0 Å². The topological polar surface area (TPSA) is 233 Å². The van der Waals surface area contributed by atoms with Gasteiger partial charge in [0, 0.05) is 18.2 Å².